The summed E-state index contributed by atoms with van der Waals surface area (Å²) >= 11 is 0. The van der Waals surface area contributed by atoms with Gasteiger partial charge in [-0.3, -0.25) is 4.79 Å². The smallest absolute Gasteiger partial charge is 0.289 e. The van der Waals surface area contributed by atoms with Crippen molar-refractivity contribution in [2.24, 2.45) is 12.8 Å². The highest BCUT2D eigenvalue weighted by Crippen LogP contribution is 2.26. The summed E-state index contributed by atoms with van der Waals surface area (Å²) in [5.41, 5.74) is 7.12. The summed E-state index contributed by atoms with van der Waals surface area (Å²) in [6.45, 7) is 3.11. The Balaban J connectivity index is 1.74. The fraction of sp³-hybridized carbons (Fsp3) is 0.467. The number of likely N-dealkylation sites (tertiary alicyclic amines) is 1. The highest BCUT2D eigenvalue weighted by molar-refractivity contribution is 5.91. The van der Waals surface area contributed by atoms with E-state index in [2.05, 4.69) is 4.98 Å². The van der Waals surface area contributed by atoms with E-state index in [1.54, 1.807) is 17.3 Å². The summed E-state index contributed by atoms with van der Waals surface area (Å²) in [5.74, 6) is 1.20. The number of rotatable bonds is 3. The Bertz CT molecular complexity index is 646. The predicted octanol–water partition coefficient (Wildman–Crippen LogP) is 1.14. The minimum atomic E-state index is -0.0939. The van der Waals surface area contributed by atoms with Gasteiger partial charge in [-0.05, 0) is 12.1 Å². The van der Waals surface area contributed by atoms with Crippen molar-refractivity contribution in [1.82, 2.24) is 14.5 Å². The topological polar surface area (TPSA) is 77.3 Å². The van der Waals surface area contributed by atoms with Crippen LogP contribution in [0.4, 0.5) is 0 Å². The largest absolute Gasteiger partial charge is 0.456 e. The molecule has 6 heteroatoms. The lowest BCUT2D eigenvalue weighted by molar-refractivity contribution is 0.0755. The zero-order chi connectivity index (χ0) is 15.0. The highest BCUT2D eigenvalue weighted by atomic mass is 16.4. The summed E-state index contributed by atoms with van der Waals surface area (Å²) in [6, 6.07) is 3.49. The van der Waals surface area contributed by atoms with Crippen molar-refractivity contribution in [3.8, 4) is 0 Å². The van der Waals surface area contributed by atoms with Gasteiger partial charge in [0, 0.05) is 44.7 Å². The molecule has 2 aromatic heterocycles. The van der Waals surface area contributed by atoms with Gasteiger partial charge in [-0.1, -0.05) is 6.92 Å². The molecule has 1 fully saturated rings. The average Bonchev–Trinajstić information content (AvgIpc) is 3.17. The Hall–Kier alpha value is -2.08. The van der Waals surface area contributed by atoms with Gasteiger partial charge in [-0.15, -0.1) is 0 Å². The van der Waals surface area contributed by atoms with Gasteiger partial charge in [-0.25, -0.2) is 4.98 Å². The molecule has 1 aliphatic rings. The van der Waals surface area contributed by atoms with E-state index in [0.29, 0.717) is 18.8 Å². The standard InChI is InChI=1S/C15H20N4O2/c1-3-10-4-5-14(21-10)15(20)19-6-11(12(16)7-19)13-8-18(2)9-17-13/h4-5,8-9,11-12H,3,6-7,16H2,1-2H3/t11-,12-/m1/s1. The summed E-state index contributed by atoms with van der Waals surface area (Å²) in [4.78, 5) is 18.6. The first-order valence-corrected chi connectivity index (χ1v) is 7.20. The monoisotopic (exact) mass is 288 g/mol. The molecule has 1 amide bonds. The fourth-order valence-corrected chi connectivity index (χ4v) is 2.77. The molecule has 0 spiro atoms. The first-order chi connectivity index (χ1) is 10.1. The van der Waals surface area contributed by atoms with Crippen LogP contribution in [0.3, 0.4) is 0 Å². The minimum Gasteiger partial charge on any atom is -0.456 e. The minimum absolute atomic E-state index is 0.0794. The van der Waals surface area contributed by atoms with Crippen LogP contribution < -0.4 is 5.73 Å². The molecular weight excluding hydrogens is 268 g/mol. The van der Waals surface area contributed by atoms with Crippen molar-refractivity contribution < 1.29 is 9.21 Å². The van der Waals surface area contributed by atoms with Crippen molar-refractivity contribution in [2.75, 3.05) is 13.1 Å². The summed E-state index contributed by atoms with van der Waals surface area (Å²) < 4.78 is 7.43. The number of hydrogen-bond acceptors (Lipinski definition) is 4. The van der Waals surface area contributed by atoms with Gasteiger partial charge in [0.25, 0.3) is 5.91 Å². The van der Waals surface area contributed by atoms with Crippen LogP contribution in [0.2, 0.25) is 0 Å². The van der Waals surface area contributed by atoms with E-state index in [9.17, 15) is 4.79 Å². The number of carbonyl (C=O) groups is 1. The molecule has 0 unspecified atom stereocenters. The Kier molecular flexibility index (Phi) is 3.55. The lowest BCUT2D eigenvalue weighted by atomic mass is 10.0. The van der Waals surface area contributed by atoms with E-state index in [1.165, 1.54) is 0 Å². The second-order valence-electron chi connectivity index (χ2n) is 5.56. The zero-order valence-electron chi connectivity index (χ0n) is 12.3. The first-order valence-electron chi connectivity index (χ1n) is 7.20. The Labute approximate surface area is 123 Å². The van der Waals surface area contributed by atoms with Gasteiger partial charge in [0.15, 0.2) is 5.76 Å². The van der Waals surface area contributed by atoms with E-state index in [0.717, 1.165) is 17.9 Å². The molecule has 1 saturated heterocycles. The third-order valence-corrected chi connectivity index (χ3v) is 3.98. The van der Waals surface area contributed by atoms with E-state index < -0.39 is 0 Å². The van der Waals surface area contributed by atoms with E-state index >= 15 is 0 Å². The molecule has 2 N–H and O–H groups in total. The van der Waals surface area contributed by atoms with Crippen molar-refractivity contribution in [3.63, 3.8) is 0 Å². The number of aryl methyl sites for hydroxylation is 2. The van der Waals surface area contributed by atoms with Crippen LogP contribution in [0, 0.1) is 0 Å². The van der Waals surface area contributed by atoms with Gasteiger partial charge in [0.2, 0.25) is 0 Å². The van der Waals surface area contributed by atoms with Crippen LogP contribution in [-0.2, 0) is 13.5 Å². The molecule has 1 aliphatic heterocycles. The van der Waals surface area contributed by atoms with Gasteiger partial charge >= 0.3 is 0 Å². The maximum atomic E-state index is 12.5. The maximum absolute atomic E-state index is 12.5. The number of hydrogen-bond donors (Lipinski definition) is 1. The number of furan rings is 1. The molecule has 112 valence electrons. The van der Waals surface area contributed by atoms with Gasteiger partial charge in [-0.2, -0.15) is 0 Å². The fourth-order valence-electron chi connectivity index (χ4n) is 2.77. The Morgan fingerprint density at radius 2 is 2.29 bits per heavy atom. The van der Waals surface area contributed by atoms with Crippen molar-refractivity contribution in [3.05, 3.63) is 41.9 Å². The number of nitrogens with two attached hydrogens (primary N) is 1. The molecular formula is C15H20N4O2. The molecule has 0 radical (unpaired) electrons. The van der Waals surface area contributed by atoms with Crippen LogP contribution in [0.1, 0.15) is 34.9 Å². The van der Waals surface area contributed by atoms with Gasteiger partial charge in [0.05, 0.1) is 12.0 Å². The molecule has 0 aromatic carbocycles. The zero-order valence-corrected chi connectivity index (χ0v) is 12.3. The molecule has 2 aromatic rings. The molecule has 6 nitrogen and oxygen atoms in total. The van der Waals surface area contributed by atoms with Crippen molar-refractivity contribution in [1.29, 1.82) is 0 Å². The van der Waals surface area contributed by atoms with Crippen LogP contribution in [0.25, 0.3) is 0 Å². The van der Waals surface area contributed by atoms with Crippen LogP contribution in [-0.4, -0.2) is 39.5 Å². The second kappa shape index (κ2) is 5.37. The van der Waals surface area contributed by atoms with Gasteiger partial charge in [0.1, 0.15) is 5.76 Å². The van der Waals surface area contributed by atoms with Crippen LogP contribution in [0.5, 0.6) is 0 Å². The SMILES string of the molecule is CCc1ccc(C(=O)N2C[C@@H](N)[C@H](c3cn(C)cn3)C2)o1. The number of nitrogens with zero attached hydrogens (tertiary/aromatic N) is 3. The molecule has 2 atom stereocenters. The summed E-state index contributed by atoms with van der Waals surface area (Å²) in [6.07, 6.45) is 4.50. The lowest BCUT2D eigenvalue weighted by Crippen LogP contribution is -2.32. The quantitative estimate of drug-likeness (QED) is 0.919. The number of carbonyl (C=O) groups excluding carboxylic acids is 1. The normalized spacial score (nSPS) is 22.0. The molecule has 0 saturated carbocycles. The van der Waals surface area contributed by atoms with Crippen LogP contribution >= 0.6 is 0 Å². The summed E-state index contributed by atoms with van der Waals surface area (Å²) in [5, 5.41) is 0. The maximum Gasteiger partial charge on any atom is 0.289 e. The average molecular weight is 288 g/mol. The Morgan fingerprint density at radius 3 is 2.90 bits per heavy atom. The third-order valence-electron chi connectivity index (χ3n) is 3.98. The molecule has 0 bridgehead atoms. The molecule has 0 aliphatic carbocycles. The predicted molar refractivity (Wildman–Crippen MR) is 77.9 cm³/mol. The molecule has 21 heavy (non-hydrogen) atoms. The van der Waals surface area contributed by atoms with Crippen LogP contribution in [0.15, 0.2) is 29.1 Å². The third kappa shape index (κ3) is 2.58. The van der Waals surface area contributed by atoms with E-state index in [4.69, 9.17) is 10.2 Å². The Morgan fingerprint density at radius 1 is 1.48 bits per heavy atom. The summed E-state index contributed by atoms with van der Waals surface area (Å²) in [7, 11) is 1.93. The number of amides is 1. The molecule has 3 rings (SSSR count). The van der Waals surface area contributed by atoms with Crippen molar-refractivity contribution >= 4 is 5.91 Å². The second-order valence-corrected chi connectivity index (χ2v) is 5.56. The number of aromatic nitrogens is 2. The van der Waals surface area contributed by atoms with Crippen molar-refractivity contribution in [2.45, 2.75) is 25.3 Å². The first kappa shape index (κ1) is 13.9. The van der Waals surface area contributed by atoms with E-state index in [-0.39, 0.29) is 17.9 Å². The molecule has 3 heterocycles. The number of imidazole rings is 1. The highest BCUT2D eigenvalue weighted by Gasteiger charge is 2.36. The van der Waals surface area contributed by atoms with E-state index in [1.807, 2.05) is 30.8 Å². The van der Waals surface area contributed by atoms with Gasteiger partial charge < -0.3 is 19.6 Å². The lowest BCUT2D eigenvalue weighted by Gasteiger charge is -2.14.